The molecule has 0 aromatic heterocycles. The molecular weight excluding hydrogens is 188 g/mol. The normalized spacial score (nSPS) is 11.4. The summed E-state index contributed by atoms with van der Waals surface area (Å²) in [5, 5.41) is 19.3. The van der Waals surface area contributed by atoms with Crippen molar-refractivity contribution in [2.45, 2.75) is 46.5 Å². The molecule has 1 aromatic rings. The first kappa shape index (κ1) is 11.9. The Hall–Kier alpha value is -1.18. The summed E-state index contributed by atoms with van der Waals surface area (Å²) < 4.78 is 0. The largest absolute Gasteiger partial charge is 0.504 e. The van der Waals surface area contributed by atoms with E-state index in [4.69, 9.17) is 0 Å². The van der Waals surface area contributed by atoms with E-state index in [0.717, 1.165) is 16.7 Å². The van der Waals surface area contributed by atoms with Crippen molar-refractivity contribution in [2.24, 2.45) is 0 Å². The molecule has 0 atom stereocenters. The van der Waals surface area contributed by atoms with Gasteiger partial charge in [0.25, 0.3) is 0 Å². The zero-order chi connectivity index (χ0) is 11.7. The molecule has 2 heteroatoms. The van der Waals surface area contributed by atoms with Crippen LogP contribution < -0.4 is 0 Å². The zero-order valence-electron chi connectivity index (χ0n) is 10.1. The van der Waals surface area contributed by atoms with Crippen LogP contribution in [-0.2, 0) is 0 Å². The Morgan fingerprint density at radius 1 is 1.00 bits per heavy atom. The van der Waals surface area contributed by atoms with Gasteiger partial charge >= 0.3 is 0 Å². The molecule has 2 nitrogen and oxygen atoms in total. The molecule has 0 aliphatic carbocycles. The van der Waals surface area contributed by atoms with Gasteiger partial charge in [-0.05, 0) is 41.5 Å². The number of hydrogen-bond acceptors (Lipinski definition) is 2. The Morgan fingerprint density at radius 2 is 1.53 bits per heavy atom. The van der Waals surface area contributed by atoms with E-state index in [0.29, 0.717) is 11.8 Å². The number of rotatable bonds is 2. The van der Waals surface area contributed by atoms with Crippen molar-refractivity contribution >= 4 is 0 Å². The Balaban J connectivity index is 3.51. The van der Waals surface area contributed by atoms with Crippen molar-refractivity contribution in [1.29, 1.82) is 0 Å². The third-order valence-corrected chi connectivity index (χ3v) is 2.80. The minimum Gasteiger partial charge on any atom is -0.504 e. The number of benzene rings is 1. The molecule has 0 fully saturated rings. The van der Waals surface area contributed by atoms with Gasteiger partial charge in [-0.25, -0.2) is 0 Å². The lowest BCUT2D eigenvalue weighted by Gasteiger charge is -2.20. The monoisotopic (exact) mass is 208 g/mol. The summed E-state index contributed by atoms with van der Waals surface area (Å²) in [5.74, 6) is 0.713. The summed E-state index contributed by atoms with van der Waals surface area (Å²) in [6.45, 7) is 10.2. The maximum Gasteiger partial charge on any atom is 0.160 e. The zero-order valence-corrected chi connectivity index (χ0v) is 10.1. The summed E-state index contributed by atoms with van der Waals surface area (Å²) >= 11 is 0. The van der Waals surface area contributed by atoms with Crippen LogP contribution in [0.25, 0.3) is 0 Å². The summed E-state index contributed by atoms with van der Waals surface area (Å²) in [6, 6.07) is 1.68. The highest BCUT2D eigenvalue weighted by molar-refractivity contribution is 5.54. The number of hydrogen-bond donors (Lipinski definition) is 2. The maximum absolute atomic E-state index is 9.69. The van der Waals surface area contributed by atoms with E-state index in [1.807, 2.05) is 6.92 Å². The van der Waals surface area contributed by atoms with Crippen LogP contribution in [0.2, 0.25) is 0 Å². The fraction of sp³-hybridized carbons (Fsp3) is 0.538. The topological polar surface area (TPSA) is 40.5 Å². The second-order valence-corrected chi connectivity index (χ2v) is 4.68. The van der Waals surface area contributed by atoms with Crippen molar-refractivity contribution in [3.8, 4) is 11.5 Å². The van der Waals surface area contributed by atoms with E-state index >= 15 is 0 Å². The smallest absolute Gasteiger partial charge is 0.160 e. The van der Waals surface area contributed by atoms with E-state index in [1.165, 1.54) is 0 Å². The van der Waals surface area contributed by atoms with E-state index in [-0.39, 0.29) is 11.5 Å². The third kappa shape index (κ3) is 2.09. The van der Waals surface area contributed by atoms with Crippen LogP contribution in [0.3, 0.4) is 0 Å². The van der Waals surface area contributed by atoms with E-state index in [2.05, 4.69) is 27.7 Å². The molecule has 0 radical (unpaired) electrons. The molecule has 15 heavy (non-hydrogen) atoms. The Kier molecular flexibility index (Phi) is 3.28. The van der Waals surface area contributed by atoms with Crippen molar-refractivity contribution < 1.29 is 10.2 Å². The minimum atomic E-state index is -0.0133. The lowest BCUT2D eigenvalue weighted by molar-refractivity contribution is 0.399. The second kappa shape index (κ2) is 4.13. The van der Waals surface area contributed by atoms with Gasteiger partial charge < -0.3 is 10.2 Å². The predicted molar refractivity (Wildman–Crippen MR) is 62.7 cm³/mol. The molecule has 0 aliphatic rings. The molecule has 1 rings (SSSR count). The third-order valence-electron chi connectivity index (χ3n) is 2.80. The average molecular weight is 208 g/mol. The van der Waals surface area contributed by atoms with Crippen molar-refractivity contribution in [1.82, 2.24) is 0 Å². The lowest BCUT2D eigenvalue weighted by Crippen LogP contribution is -2.02. The fourth-order valence-corrected chi connectivity index (χ4v) is 2.07. The van der Waals surface area contributed by atoms with Gasteiger partial charge in [0.1, 0.15) is 0 Å². The second-order valence-electron chi connectivity index (χ2n) is 4.68. The summed E-state index contributed by atoms with van der Waals surface area (Å²) in [5.41, 5.74) is 3.08. The Bertz CT molecular complexity index is 365. The van der Waals surface area contributed by atoms with Crippen molar-refractivity contribution in [2.75, 3.05) is 0 Å². The quantitative estimate of drug-likeness (QED) is 0.728. The summed E-state index contributed by atoms with van der Waals surface area (Å²) in [7, 11) is 0. The van der Waals surface area contributed by atoms with Crippen LogP contribution in [-0.4, -0.2) is 10.2 Å². The first-order valence-electron chi connectivity index (χ1n) is 5.41. The molecular formula is C13H20O2. The number of phenolic OH excluding ortho intramolecular Hbond substituents is 2. The van der Waals surface area contributed by atoms with Gasteiger partial charge in [0.2, 0.25) is 0 Å². The van der Waals surface area contributed by atoms with Crippen molar-refractivity contribution in [3.05, 3.63) is 22.8 Å². The van der Waals surface area contributed by atoms with Crippen LogP contribution in [0.4, 0.5) is 0 Å². The van der Waals surface area contributed by atoms with Gasteiger partial charge in [0, 0.05) is 0 Å². The van der Waals surface area contributed by atoms with E-state index in [9.17, 15) is 10.2 Å². The molecule has 1 aromatic carbocycles. The van der Waals surface area contributed by atoms with Crippen LogP contribution in [0, 0.1) is 6.92 Å². The molecule has 0 bridgehead atoms. The fourth-order valence-electron chi connectivity index (χ4n) is 2.07. The molecule has 2 N–H and O–H groups in total. The standard InChI is InChI=1S/C13H20O2/c1-7(2)10-6-11(14)13(15)9(5)12(10)8(3)4/h6-8,14-15H,1-5H3. The van der Waals surface area contributed by atoms with Gasteiger partial charge in [0.05, 0.1) is 0 Å². The highest BCUT2D eigenvalue weighted by Gasteiger charge is 2.18. The molecule has 0 amide bonds. The maximum atomic E-state index is 9.69. The van der Waals surface area contributed by atoms with Crippen LogP contribution in [0.15, 0.2) is 6.07 Å². The molecule has 0 aliphatic heterocycles. The van der Waals surface area contributed by atoms with Crippen molar-refractivity contribution in [3.63, 3.8) is 0 Å². The molecule has 0 saturated heterocycles. The molecule has 0 saturated carbocycles. The molecule has 0 spiro atoms. The van der Waals surface area contributed by atoms with Gasteiger partial charge in [-0.3, -0.25) is 0 Å². The lowest BCUT2D eigenvalue weighted by atomic mass is 9.86. The van der Waals surface area contributed by atoms with Gasteiger partial charge in [-0.2, -0.15) is 0 Å². The van der Waals surface area contributed by atoms with Crippen LogP contribution in [0.5, 0.6) is 11.5 Å². The average Bonchev–Trinajstić information content (AvgIpc) is 2.12. The Labute approximate surface area is 91.6 Å². The SMILES string of the molecule is Cc1c(O)c(O)cc(C(C)C)c1C(C)C. The van der Waals surface area contributed by atoms with Gasteiger partial charge in [0.15, 0.2) is 11.5 Å². The van der Waals surface area contributed by atoms with E-state index in [1.54, 1.807) is 6.07 Å². The van der Waals surface area contributed by atoms with Gasteiger partial charge in [-0.15, -0.1) is 0 Å². The number of phenols is 2. The Morgan fingerprint density at radius 3 is 1.93 bits per heavy atom. The summed E-state index contributed by atoms with van der Waals surface area (Å²) in [6.07, 6.45) is 0. The highest BCUT2D eigenvalue weighted by Crippen LogP contribution is 2.39. The van der Waals surface area contributed by atoms with E-state index < -0.39 is 0 Å². The first-order chi connectivity index (χ1) is 6.86. The molecule has 0 heterocycles. The first-order valence-corrected chi connectivity index (χ1v) is 5.41. The summed E-state index contributed by atoms with van der Waals surface area (Å²) in [4.78, 5) is 0. The van der Waals surface area contributed by atoms with Crippen LogP contribution in [0.1, 0.15) is 56.2 Å². The molecule has 84 valence electrons. The van der Waals surface area contributed by atoms with Gasteiger partial charge in [-0.1, -0.05) is 27.7 Å². The van der Waals surface area contributed by atoms with Crippen LogP contribution >= 0.6 is 0 Å². The predicted octanol–water partition coefficient (Wildman–Crippen LogP) is 3.65. The molecule has 0 unspecified atom stereocenters. The minimum absolute atomic E-state index is 0.0133. The highest BCUT2D eigenvalue weighted by atomic mass is 16.3. The number of aromatic hydroxyl groups is 2.